The Labute approximate surface area is 154 Å². The lowest BCUT2D eigenvalue weighted by molar-refractivity contribution is 0.101. The Hall–Kier alpha value is -2.75. The maximum atomic E-state index is 12.5. The minimum atomic E-state index is -0.0949. The predicted molar refractivity (Wildman–Crippen MR) is 102 cm³/mol. The number of hydrogen-bond donors (Lipinski definition) is 0. The van der Waals surface area contributed by atoms with E-state index in [1.165, 1.54) is 0 Å². The van der Waals surface area contributed by atoms with E-state index in [0.717, 1.165) is 30.4 Å². The van der Waals surface area contributed by atoms with Crippen LogP contribution in [0.2, 0.25) is 0 Å². The average molecular weight is 352 g/mol. The normalized spacial score (nSPS) is 14.3. The monoisotopic (exact) mass is 352 g/mol. The summed E-state index contributed by atoms with van der Waals surface area (Å²) in [6.07, 6.45) is 5.06. The van der Waals surface area contributed by atoms with Crippen molar-refractivity contribution in [2.24, 2.45) is 0 Å². The summed E-state index contributed by atoms with van der Waals surface area (Å²) < 4.78 is 16.9. The quantitative estimate of drug-likeness (QED) is 0.508. The van der Waals surface area contributed by atoms with Crippen LogP contribution in [-0.2, 0) is 0 Å². The number of Topliss-reactive ketones (excluding diaryl/α,β-unsaturated/α-hetero) is 1. The van der Waals surface area contributed by atoms with Crippen LogP contribution in [-0.4, -0.2) is 19.5 Å². The number of aryl methyl sites for hydroxylation is 1. The van der Waals surface area contributed by atoms with Crippen molar-refractivity contribution in [3.05, 3.63) is 58.8 Å². The molecular formula is C22H24O4. The van der Waals surface area contributed by atoms with Crippen molar-refractivity contribution < 1.29 is 19.0 Å². The van der Waals surface area contributed by atoms with Crippen LogP contribution in [0.5, 0.6) is 17.2 Å². The van der Waals surface area contributed by atoms with Gasteiger partial charge in [0.2, 0.25) is 5.78 Å². The number of rotatable bonds is 7. The molecule has 0 aliphatic carbocycles. The molecule has 4 heteroatoms. The highest BCUT2D eigenvalue weighted by Crippen LogP contribution is 2.34. The highest BCUT2D eigenvalue weighted by molar-refractivity contribution is 6.14. The van der Waals surface area contributed by atoms with E-state index in [0.29, 0.717) is 35.2 Å². The van der Waals surface area contributed by atoms with E-state index in [-0.39, 0.29) is 5.78 Å². The number of carbonyl (C=O) groups excluding carboxylic acids is 1. The van der Waals surface area contributed by atoms with Gasteiger partial charge in [-0.3, -0.25) is 4.79 Å². The van der Waals surface area contributed by atoms with Crippen molar-refractivity contribution >= 4 is 11.9 Å². The molecule has 0 saturated carbocycles. The van der Waals surface area contributed by atoms with E-state index >= 15 is 0 Å². The zero-order valence-electron chi connectivity index (χ0n) is 15.5. The first kappa shape index (κ1) is 18.1. The fourth-order valence-corrected chi connectivity index (χ4v) is 2.88. The molecule has 2 aromatic carbocycles. The smallest absolute Gasteiger partial charge is 0.231 e. The molecule has 26 heavy (non-hydrogen) atoms. The van der Waals surface area contributed by atoms with Gasteiger partial charge in [0.05, 0.1) is 19.3 Å². The Morgan fingerprint density at radius 1 is 1.08 bits per heavy atom. The third-order valence-corrected chi connectivity index (χ3v) is 4.31. The topological polar surface area (TPSA) is 44.8 Å². The van der Waals surface area contributed by atoms with Crippen LogP contribution in [0.1, 0.15) is 47.7 Å². The fourth-order valence-electron chi connectivity index (χ4n) is 2.88. The molecule has 0 saturated heterocycles. The first-order chi connectivity index (χ1) is 12.6. The average Bonchev–Trinajstić information content (AvgIpc) is 2.95. The van der Waals surface area contributed by atoms with Crippen LogP contribution in [0.15, 0.2) is 42.2 Å². The van der Waals surface area contributed by atoms with Gasteiger partial charge in [-0.2, -0.15) is 0 Å². The molecule has 3 rings (SSSR count). The molecule has 0 amide bonds. The molecule has 0 N–H and O–H groups in total. The Morgan fingerprint density at radius 2 is 1.92 bits per heavy atom. The summed E-state index contributed by atoms with van der Waals surface area (Å²) in [7, 11) is 1.61. The van der Waals surface area contributed by atoms with Crippen LogP contribution >= 0.6 is 0 Å². The van der Waals surface area contributed by atoms with Crippen LogP contribution in [0.3, 0.4) is 0 Å². The summed E-state index contributed by atoms with van der Waals surface area (Å²) in [6.45, 7) is 4.79. The summed E-state index contributed by atoms with van der Waals surface area (Å²) >= 11 is 0. The highest BCUT2D eigenvalue weighted by atomic mass is 16.5. The summed E-state index contributed by atoms with van der Waals surface area (Å²) in [5.41, 5.74) is 2.47. The van der Waals surface area contributed by atoms with Gasteiger partial charge < -0.3 is 14.2 Å². The summed E-state index contributed by atoms with van der Waals surface area (Å²) in [6, 6.07) is 11.2. The molecule has 2 aromatic rings. The molecule has 1 aliphatic heterocycles. The lowest BCUT2D eigenvalue weighted by Gasteiger charge is -2.11. The Balaban J connectivity index is 1.78. The van der Waals surface area contributed by atoms with Gasteiger partial charge in [0.25, 0.3) is 0 Å². The summed E-state index contributed by atoms with van der Waals surface area (Å²) in [5, 5.41) is 0. The number of ketones is 1. The van der Waals surface area contributed by atoms with Crippen molar-refractivity contribution in [3.8, 4) is 17.2 Å². The third-order valence-electron chi connectivity index (χ3n) is 4.31. The van der Waals surface area contributed by atoms with Crippen LogP contribution < -0.4 is 14.2 Å². The highest BCUT2D eigenvalue weighted by Gasteiger charge is 2.27. The molecule has 1 aliphatic rings. The van der Waals surface area contributed by atoms with Crippen molar-refractivity contribution in [1.82, 2.24) is 0 Å². The van der Waals surface area contributed by atoms with Crippen molar-refractivity contribution in [3.63, 3.8) is 0 Å². The Kier molecular flexibility index (Phi) is 5.61. The second-order valence-corrected chi connectivity index (χ2v) is 6.41. The van der Waals surface area contributed by atoms with E-state index in [1.807, 2.05) is 43.3 Å². The maximum absolute atomic E-state index is 12.5. The van der Waals surface area contributed by atoms with Crippen LogP contribution in [0, 0.1) is 6.92 Å². The van der Waals surface area contributed by atoms with Crippen molar-refractivity contribution in [2.75, 3.05) is 13.7 Å². The number of unbranched alkanes of at least 4 members (excludes halogenated alkanes) is 2. The van der Waals surface area contributed by atoms with E-state index in [4.69, 9.17) is 14.2 Å². The number of carbonyl (C=O) groups is 1. The van der Waals surface area contributed by atoms with Gasteiger partial charge in [0.15, 0.2) is 17.3 Å². The van der Waals surface area contributed by atoms with Crippen molar-refractivity contribution in [2.45, 2.75) is 33.1 Å². The largest absolute Gasteiger partial charge is 0.493 e. The summed E-state index contributed by atoms with van der Waals surface area (Å²) in [5.74, 6) is 2.19. The van der Waals surface area contributed by atoms with Gasteiger partial charge in [0.1, 0.15) is 5.75 Å². The number of methoxy groups -OCH3 is 1. The lowest BCUT2D eigenvalue weighted by atomic mass is 10.1. The molecule has 1 heterocycles. The minimum absolute atomic E-state index is 0.0949. The molecular weight excluding hydrogens is 328 g/mol. The van der Waals surface area contributed by atoms with E-state index < -0.39 is 0 Å². The lowest BCUT2D eigenvalue weighted by Crippen LogP contribution is -2.00. The van der Waals surface area contributed by atoms with Gasteiger partial charge >= 0.3 is 0 Å². The zero-order chi connectivity index (χ0) is 18.5. The number of allylic oxidation sites excluding steroid dienone is 1. The maximum Gasteiger partial charge on any atom is 0.231 e. The van der Waals surface area contributed by atoms with Gasteiger partial charge in [-0.05, 0) is 49.2 Å². The number of ether oxygens (including phenoxy) is 3. The third kappa shape index (κ3) is 3.90. The minimum Gasteiger partial charge on any atom is -0.493 e. The SMILES string of the molecule is CCCCCOc1ccc(/C=C2\Oc3ccc(C)cc3C2=O)cc1OC. The fraction of sp³-hybridized carbons (Fsp3) is 0.318. The Morgan fingerprint density at radius 3 is 2.69 bits per heavy atom. The standard InChI is InChI=1S/C22H24O4/c1-4-5-6-11-25-19-10-8-16(13-20(19)24-3)14-21-22(23)17-12-15(2)7-9-18(17)26-21/h7-10,12-14H,4-6,11H2,1-3H3/b21-14-. The molecule has 0 aromatic heterocycles. The number of benzene rings is 2. The summed E-state index contributed by atoms with van der Waals surface area (Å²) in [4.78, 5) is 12.5. The van der Waals surface area contributed by atoms with Crippen LogP contribution in [0.4, 0.5) is 0 Å². The second-order valence-electron chi connectivity index (χ2n) is 6.41. The molecule has 0 atom stereocenters. The first-order valence-corrected chi connectivity index (χ1v) is 8.98. The van der Waals surface area contributed by atoms with Gasteiger partial charge in [-0.1, -0.05) is 37.5 Å². The van der Waals surface area contributed by atoms with Crippen LogP contribution in [0.25, 0.3) is 6.08 Å². The molecule has 136 valence electrons. The van der Waals surface area contributed by atoms with Crippen molar-refractivity contribution in [1.29, 1.82) is 0 Å². The molecule has 0 unspecified atom stereocenters. The van der Waals surface area contributed by atoms with Gasteiger partial charge in [-0.15, -0.1) is 0 Å². The molecule has 4 nitrogen and oxygen atoms in total. The second kappa shape index (κ2) is 8.09. The number of hydrogen-bond acceptors (Lipinski definition) is 4. The van der Waals surface area contributed by atoms with E-state index in [2.05, 4.69) is 6.92 Å². The Bertz CT molecular complexity index is 836. The van der Waals surface area contributed by atoms with E-state index in [9.17, 15) is 4.79 Å². The number of fused-ring (bicyclic) bond motifs is 1. The van der Waals surface area contributed by atoms with E-state index in [1.54, 1.807) is 13.2 Å². The first-order valence-electron chi connectivity index (χ1n) is 8.98. The zero-order valence-corrected chi connectivity index (χ0v) is 15.5. The molecule has 0 spiro atoms. The molecule has 0 radical (unpaired) electrons. The molecule has 0 fully saturated rings. The molecule has 0 bridgehead atoms. The van der Waals surface area contributed by atoms with Gasteiger partial charge in [-0.25, -0.2) is 0 Å². The predicted octanol–water partition coefficient (Wildman–Crippen LogP) is 5.19. The van der Waals surface area contributed by atoms with Gasteiger partial charge in [0, 0.05) is 0 Å².